The summed E-state index contributed by atoms with van der Waals surface area (Å²) in [5.41, 5.74) is 1.20. The molecule has 1 aromatic heterocycles. The monoisotopic (exact) mass is 467 g/mol. The first kappa shape index (κ1) is 21.6. The SMILES string of the molecule is O=C(c1ccc(S(=O)(=O)N2CCCC2)cc1)N1CC(n2cc(COc3ccccc3)nn2)C1. The van der Waals surface area contributed by atoms with Crippen LogP contribution in [-0.2, 0) is 16.6 Å². The Bertz CT molecular complexity index is 1220. The number of benzene rings is 2. The van der Waals surface area contributed by atoms with Crippen LogP contribution < -0.4 is 4.74 Å². The summed E-state index contributed by atoms with van der Waals surface area (Å²) in [5.74, 6) is 0.649. The van der Waals surface area contributed by atoms with Crippen LogP contribution in [0.25, 0.3) is 0 Å². The summed E-state index contributed by atoms with van der Waals surface area (Å²) in [6.07, 6.45) is 3.62. The second-order valence-corrected chi connectivity index (χ2v) is 10.2. The molecular weight excluding hydrogens is 442 g/mol. The molecule has 9 nitrogen and oxygen atoms in total. The molecule has 1 amide bonds. The number of nitrogens with zero attached hydrogens (tertiary/aromatic N) is 5. The van der Waals surface area contributed by atoms with Crippen molar-refractivity contribution in [3.8, 4) is 5.75 Å². The summed E-state index contributed by atoms with van der Waals surface area (Å²) < 4.78 is 34.3. The summed E-state index contributed by atoms with van der Waals surface area (Å²) in [7, 11) is -3.48. The van der Waals surface area contributed by atoms with Gasteiger partial charge in [-0.25, -0.2) is 13.1 Å². The normalized spacial score (nSPS) is 17.2. The average molecular weight is 468 g/mol. The Balaban J connectivity index is 1.15. The smallest absolute Gasteiger partial charge is 0.254 e. The average Bonchev–Trinajstić information content (AvgIpc) is 3.51. The third-order valence-corrected chi connectivity index (χ3v) is 7.93. The van der Waals surface area contributed by atoms with Gasteiger partial charge in [0.15, 0.2) is 0 Å². The number of ether oxygens (including phenoxy) is 1. The Morgan fingerprint density at radius 3 is 2.39 bits per heavy atom. The van der Waals surface area contributed by atoms with Crippen LogP contribution in [0.4, 0.5) is 0 Å². The standard InChI is InChI=1S/C23H25N5O4S/c29-23(18-8-10-22(11-9-18)33(30,31)27-12-4-5-13-27)26-15-20(16-26)28-14-19(24-25-28)17-32-21-6-2-1-3-7-21/h1-3,6-11,14,20H,4-5,12-13,15-17H2. The fourth-order valence-electron chi connectivity index (χ4n) is 4.05. The Labute approximate surface area is 192 Å². The van der Waals surface area contributed by atoms with Gasteiger partial charge in [0.05, 0.1) is 17.1 Å². The number of amides is 1. The Kier molecular flexibility index (Phi) is 5.86. The second kappa shape index (κ2) is 8.95. The maximum atomic E-state index is 12.8. The van der Waals surface area contributed by atoms with Gasteiger partial charge in [-0.1, -0.05) is 23.4 Å². The molecule has 2 aliphatic heterocycles. The number of hydrogen-bond donors (Lipinski definition) is 0. The van der Waals surface area contributed by atoms with Gasteiger partial charge in [-0.05, 0) is 49.2 Å². The minimum absolute atomic E-state index is 0.0572. The van der Waals surface area contributed by atoms with Crippen LogP contribution in [0.1, 0.15) is 34.9 Å². The van der Waals surface area contributed by atoms with Crippen molar-refractivity contribution in [1.29, 1.82) is 0 Å². The summed E-state index contributed by atoms with van der Waals surface area (Å²) in [5, 5.41) is 8.32. The summed E-state index contributed by atoms with van der Waals surface area (Å²) in [4.78, 5) is 14.7. The van der Waals surface area contributed by atoms with Crippen LogP contribution >= 0.6 is 0 Å². The molecule has 3 aromatic rings. The van der Waals surface area contributed by atoms with E-state index in [1.54, 1.807) is 21.7 Å². The predicted octanol–water partition coefficient (Wildman–Crippen LogP) is 2.34. The van der Waals surface area contributed by atoms with E-state index in [4.69, 9.17) is 4.74 Å². The van der Waals surface area contributed by atoms with Gasteiger partial charge in [-0.3, -0.25) is 4.79 Å². The van der Waals surface area contributed by atoms with Gasteiger partial charge in [0.2, 0.25) is 10.0 Å². The summed E-state index contributed by atoms with van der Waals surface area (Å²) in [6, 6.07) is 15.8. The highest BCUT2D eigenvalue weighted by molar-refractivity contribution is 7.89. The van der Waals surface area contributed by atoms with Crippen molar-refractivity contribution in [3.63, 3.8) is 0 Å². The molecule has 2 aromatic carbocycles. The third-order valence-electron chi connectivity index (χ3n) is 6.02. The molecule has 0 aliphatic carbocycles. The van der Waals surface area contributed by atoms with Gasteiger partial charge in [0.25, 0.3) is 5.91 Å². The van der Waals surface area contributed by atoms with Crippen LogP contribution in [0.3, 0.4) is 0 Å². The first-order valence-corrected chi connectivity index (χ1v) is 12.4. The molecule has 0 spiro atoms. The van der Waals surface area contributed by atoms with Crippen molar-refractivity contribution in [3.05, 3.63) is 72.1 Å². The van der Waals surface area contributed by atoms with Gasteiger partial charge in [0, 0.05) is 31.7 Å². The summed E-state index contributed by atoms with van der Waals surface area (Å²) in [6.45, 7) is 2.48. The molecule has 3 heterocycles. The topological polar surface area (TPSA) is 97.6 Å². The molecule has 2 fully saturated rings. The molecule has 0 atom stereocenters. The molecule has 5 rings (SSSR count). The fraction of sp³-hybridized carbons (Fsp3) is 0.348. The van der Waals surface area contributed by atoms with Crippen LogP contribution in [0.5, 0.6) is 5.75 Å². The number of hydrogen-bond acceptors (Lipinski definition) is 6. The van der Waals surface area contributed by atoms with E-state index in [9.17, 15) is 13.2 Å². The Morgan fingerprint density at radius 1 is 1.00 bits per heavy atom. The molecule has 0 bridgehead atoms. The van der Waals surface area contributed by atoms with Crippen LogP contribution in [0.15, 0.2) is 65.7 Å². The van der Waals surface area contributed by atoms with E-state index in [0.717, 1.165) is 24.3 Å². The maximum Gasteiger partial charge on any atom is 0.254 e. The molecule has 33 heavy (non-hydrogen) atoms. The van der Waals surface area contributed by atoms with Crippen LogP contribution in [0, 0.1) is 0 Å². The lowest BCUT2D eigenvalue weighted by atomic mass is 10.1. The van der Waals surface area contributed by atoms with E-state index in [2.05, 4.69) is 10.3 Å². The number of para-hydroxylation sites is 1. The zero-order valence-corrected chi connectivity index (χ0v) is 18.9. The second-order valence-electron chi connectivity index (χ2n) is 8.29. The number of carbonyl (C=O) groups excluding carboxylic acids is 1. The Morgan fingerprint density at radius 2 is 1.70 bits per heavy atom. The van der Waals surface area contributed by atoms with Crippen LogP contribution in [-0.4, -0.2) is 64.7 Å². The van der Waals surface area contributed by atoms with E-state index in [0.29, 0.717) is 38.3 Å². The lowest BCUT2D eigenvalue weighted by Gasteiger charge is -2.38. The Hall–Kier alpha value is -3.24. The first-order valence-electron chi connectivity index (χ1n) is 11.0. The molecule has 10 heteroatoms. The van der Waals surface area contributed by atoms with Crippen molar-refractivity contribution < 1.29 is 17.9 Å². The minimum Gasteiger partial charge on any atom is -0.487 e. The van der Waals surface area contributed by atoms with E-state index in [1.807, 2.05) is 36.5 Å². The number of aromatic nitrogens is 3. The lowest BCUT2D eigenvalue weighted by Crippen LogP contribution is -2.50. The predicted molar refractivity (Wildman–Crippen MR) is 120 cm³/mol. The molecular formula is C23H25N5O4S. The number of carbonyl (C=O) groups is 1. The molecule has 2 aliphatic rings. The van der Waals surface area contributed by atoms with E-state index in [-0.39, 0.29) is 16.8 Å². The quantitative estimate of drug-likeness (QED) is 0.529. The fourth-order valence-corrected chi connectivity index (χ4v) is 5.57. The highest BCUT2D eigenvalue weighted by Crippen LogP contribution is 2.25. The molecule has 0 unspecified atom stereocenters. The van der Waals surface area contributed by atoms with Gasteiger partial charge in [-0.15, -0.1) is 5.10 Å². The molecule has 2 saturated heterocycles. The van der Waals surface area contributed by atoms with Gasteiger partial charge in [0.1, 0.15) is 18.1 Å². The van der Waals surface area contributed by atoms with Gasteiger partial charge >= 0.3 is 0 Å². The number of rotatable bonds is 7. The highest BCUT2D eigenvalue weighted by Gasteiger charge is 2.34. The van der Waals surface area contributed by atoms with Crippen molar-refractivity contribution in [1.82, 2.24) is 24.2 Å². The highest BCUT2D eigenvalue weighted by atomic mass is 32.2. The van der Waals surface area contributed by atoms with E-state index in [1.165, 1.54) is 16.4 Å². The van der Waals surface area contributed by atoms with E-state index >= 15 is 0 Å². The molecule has 0 radical (unpaired) electrons. The zero-order valence-electron chi connectivity index (χ0n) is 18.1. The third kappa shape index (κ3) is 4.49. The van der Waals surface area contributed by atoms with Crippen molar-refractivity contribution >= 4 is 15.9 Å². The van der Waals surface area contributed by atoms with Gasteiger partial charge in [-0.2, -0.15) is 4.31 Å². The minimum atomic E-state index is -3.48. The van der Waals surface area contributed by atoms with Crippen molar-refractivity contribution in [2.75, 3.05) is 26.2 Å². The van der Waals surface area contributed by atoms with E-state index < -0.39 is 10.0 Å². The number of likely N-dealkylation sites (tertiary alicyclic amines) is 1. The van der Waals surface area contributed by atoms with Crippen molar-refractivity contribution in [2.24, 2.45) is 0 Å². The summed E-state index contributed by atoms with van der Waals surface area (Å²) >= 11 is 0. The lowest BCUT2D eigenvalue weighted by molar-refractivity contribution is 0.0498. The maximum absolute atomic E-state index is 12.8. The van der Waals surface area contributed by atoms with Crippen LogP contribution in [0.2, 0.25) is 0 Å². The molecule has 172 valence electrons. The van der Waals surface area contributed by atoms with Gasteiger partial charge < -0.3 is 9.64 Å². The first-order chi connectivity index (χ1) is 16.0. The zero-order chi connectivity index (χ0) is 22.8. The molecule has 0 saturated carbocycles. The molecule has 0 N–H and O–H groups in total. The number of sulfonamides is 1. The van der Waals surface area contributed by atoms with Crippen molar-refractivity contribution in [2.45, 2.75) is 30.4 Å². The largest absolute Gasteiger partial charge is 0.487 e.